The van der Waals surface area contributed by atoms with E-state index in [0.717, 1.165) is 60.7 Å². The zero-order chi connectivity index (χ0) is 20.1. The molecule has 2 aliphatic rings. The summed E-state index contributed by atoms with van der Waals surface area (Å²) in [6, 6.07) is 2.25. The Balaban J connectivity index is 1.62. The van der Waals surface area contributed by atoms with Crippen LogP contribution in [0.1, 0.15) is 28.9 Å². The van der Waals surface area contributed by atoms with Crippen molar-refractivity contribution in [2.75, 3.05) is 33.2 Å². The molecule has 2 aromatic heterocycles. The molecule has 9 heteroatoms. The van der Waals surface area contributed by atoms with Crippen molar-refractivity contribution in [3.05, 3.63) is 34.6 Å². The number of hydrogen-bond acceptors (Lipinski definition) is 5. The van der Waals surface area contributed by atoms with Gasteiger partial charge in [-0.15, -0.1) is 0 Å². The summed E-state index contributed by atoms with van der Waals surface area (Å²) in [6.45, 7) is 5.51. The quantitative estimate of drug-likeness (QED) is 0.846. The Labute approximate surface area is 161 Å². The molecule has 0 aromatic carbocycles. The van der Waals surface area contributed by atoms with Crippen LogP contribution < -0.4 is 0 Å². The van der Waals surface area contributed by atoms with Crippen molar-refractivity contribution in [3.8, 4) is 11.7 Å². The van der Waals surface area contributed by atoms with Gasteiger partial charge in [0.2, 0.25) is 5.88 Å². The maximum absolute atomic E-state index is 13.1. The van der Waals surface area contributed by atoms with E-state index < -0.39 is 11.7 Å². The molecule has 1 atom stereocenters. The second-order valence-electron chi connectivity index (χ2n) is 7.75. The van der Waals surface area contributed by atoms with Crippen LogP contribution in [0.5, 0.6) is 5.88 Å². The number of piperazine rings is 1. The first-order chi connectivity index (χ1) is 13.2. The Morgan fingerprint density at radius 1 is 1.14 bits per heavy atom. The molecule has 0 saturated carbocycles. The molecule has 2 aromatic rings. The minimum atomic E-state index is -4.47. The molecule has 1 aliphatic carbocycles. The summed E-state index contributed by atoms with van der Waals surface area (Å²) in [4.78, 5) is 8.89. The fraction of sp³-hybridized carbons (Fsp3) is 0.579. The van der Waals surface area contributed by atoms with Crippen LogP contribution in [0.4, 0.5) is 13.2 Å². The van der Waals surface area contributed by atoms with Crippen molar-refractivity contribution < 1.29 is 18.3 Å². The van der Waals surface area contributed by atoms with Crippen LogP contribution in [-0.2, 0) is 19.0 Å². The second kappa shape index (κ2) is 7.04. The topological polar surface area (TPSA) is 57.4 Å². The lowest BCUT2D eigenvalue weighted by Crippen LogP contribution is -2.50. The zero-order valence-corrected chi connectivity index (χ0v) is 16.0. The van der Waals surface area contributed by atoms with Gasteiger partial charge in [-0.2, -0.15) is 23.0 Å². The number of nitrogens with zero attached hydrogens (tertiary/aromatic N) is 5. The average molecular weight is 395 g/mol. The van der Waals surface area contributed by atoms with Gasteiger partial charge in [0, 0.05) is 43.5 Å². The summed E-state index contributed by atoms with van der Waals surface area (Å²) in [5.41, 5.74) is 0.915. The number of alkyl halides is 3. The van der Waals surface area contributed by atoms with Gasteiger partial charge in [0.25, 0.3) is 0 Å². The van der Waals surface area contributed by atoms with Crippen LogP contribution in [0.15, 0.2) is 12.1 Å². The van der Waals surface area contributed by atoms with Crippen LogP contribution in [0.2, 0.25) is 0 Å². The number of aromatic hydroxyl groups is 1. The van der Waals surface area contributed by atoms with E-state index in [1.807, 2.05) is 0 Å². The van der Waals surface area contributed by atoms with E-state index >= 15 is 0 Å². The Morgan fingerprint density at radius 2 is 1.86 bits per heavy atom. The summed E-state index contributed by atoms with van der Waals surface area (Å²) in [7, 11) is 2.11. The van der Waals surface area contributed by atoms with Crippen LogP contribution in [-0.4, -0.2) is 68.9 Å². The largest absolute Gasteiger partial charge is 0.493 e. The molecule has 0 bridgehead atoms. The van der Waals surface area contributed by atoms with Gasteiger partial charge in [-0.3, -0.25) is 4.90 Å². The highest BCUT2D eigenvalue weighted by molar-refractivity contribution is 5.41. The predicted molar refractivity (Wildman–Crippen MR) is 97.6 cm³/mol. The maximum Gasteiger partial charge on any atom is 0.416 e. The van der Waals surface area contributed by atoms with Crippen LogP contribution in [0, 0.1) is 6.92 Å². The third kappa shape index (κ3) is 3.60. The number of halogens is 3. The Kier molecular flexibility index (Phi) is 4.83. The normalized spacial score (nSPS) is 21.7. The van der Waals surface area contributed by atoms with Gasteiger partial charge in [-0.25, -0.2) is 4.98 Å². The van der Waals surface area contributed by atoms with E-state index in [-0.39, 0.29) is 17.4 Å². The molecule has 1 saturated heterocycles. The Bertz CT molecular complexity index is 871. The van der Waals surface area contributed by atoms with E-state index in [9.17, 15) is 18.3 Å². The summed E-state index contributed by atoms with van der Waals surface area (Å²) in [5.74, 6) is -0.101. The van der Waals surface area contributed by atoms with E-state index in [2.05, 4.69) is 26.9 Å². The minimum Gasteiger partial charge on any atom is -0.493 e. The third-order valence-corrected chi connectivity index (χ3v) is 5.73. The molecule has 4 rings (SSSR count). The molecular formula is C19H24F3N5O. The first-order valence-corrected chi connectivity index (χ1v) is 9.51. The number of aromatic nitrogens is 3. The fourth-order valence-corrected chi connectivity index (χ4v) is 4.12. The van der Waals surface area contributed by atoms with Gasteiger partial charge in [-0.05, 0) is 45.4 Å². The van der Waals surface area contributed by atoms with Crippen molar-refractivity contribution in [3.63, 3.8) is 0 Å². The fourth-order valence-electron chi connectivity index (χ4n) is 4.12. The van der Waals surface area contributed by atoms with Crippen molar-refractivity contribution in [2.45, 2.75) is 38.4 Å². The molecular weight excluding hydrogens is 371 g/mol. The van der Waals surface area contributed by atoms with Crippen molar-refractivity contribution in [2.24, 2.45) is 0 Å². The molecule has 1 fully saturated rings. The van der Waals surface area contributed by atoms with Gasteiger partial charge in [0.1, 0.15) is 0 Å². The summed E-state index contributed by atoms with van der Waals surface area (Å²) < 4.78 is 40.6. The summed E-state index contributed by atoms with van der Waals surface area (Å²) >= 11 is 0. The lowest BCUT2D eigenvalue weighted by Gasteiger charge is -2.39. The Hall–Kier alpha value is -2.13. The van der Waals surface area contributed by atoms with Crippen LogP contribution in [0.25, 0.3) is 5.82 Å². The molecule has 28 heavy (non-hydrogen) atoms. The predicted octanol–water partition coefficient (Wildman–Crippen LogP) is 2.40. The number of rotatable bonds is 2. The van der Waals surface area contributed by atoms with Gasteiger partial charge in [0.05, 0.1) is 11.3 Å². The molecule has 0 amide bonds. The van der Waals surface area contributed by atoms with E-state index in [1.165, 1.54) is 6.92 Å². The highest BCUT2D eigenvalue weighted by Gasteiger charge is 2.34. The van der Waals surface area contributed by atoms with Crippen molar-refractivity contribution in [1.82, 2.24) is 24.6 Å². The molecule has 1 unspecified atom stereocenters. The molecule has 152 valence electrons. The smallest absolute Gasteiger partial charge is 0.416 e. The molecule has 6 nitrogen and oxygen atoms in total. The van der Waals surface area contributed by atoms with E-state index in [4.69, 9.17) is 0 Å². The highest BCUT2D eigenvalue weighted by Crippen LogP contribution is 2.35. The number of likely N-dealkylation sites (N-methyl/N-ethyl adjacent to an activating group) is 1. The van der Waals surface area contributed by atoms with Crippen molar-refractivity contribution >= 4 is 0 Å². The van der Waals surface area contributed by atoms with E-state index in [1.54, 1.807) is 0 Å². The number of hydrogen-bond donors (Lipinski definition) is 1. The molecule has 0 radical (unpaired) electrons. The van der Waals surface area contributed by atoms with Crippen molar-refractivity contribution in [1.29, 1.82) is 0 Å². The molecule has 1 N–H and O–H groups in total. The van der Waals surface area contributed by atoms with Gasteiger partial charge >= 0.3 is 6.18 Å². The monoisotopic (exact) mass is 395 g/mol. The summed E-state index contributed by atoms with van der Waals surface area (Å²) in [5, 5.41) is 15.1. The van der Waals surface area contributed by atoms with Gasteiger partial charge in [0.15, 0.2) is 5.82 Å². The molecule has 3 heterocycles. The number of aryl methyl sites for hydroxylation is 2. The average Bonchev–Trinajstić information content (AvgIpc) is 2.97. The number of fused-ring (bicyclic) bond motifs is 1. The van der Waals surface area contributed by atoms with E-state index in [0.29, 0.717) is 18.9 Å². The zero-order valence-electron chi connectivity index (χ0n) is 16.0. The SMILES string of the molecule is Cc1cc(C(F)(F)F)cc(-n2nc3c(c2O)CC(N2CCN(C)CC2)CC3)n1. The van der Waals surface area contributed by atoms with Gasteiger partial charge < -0.3 is 10.0 Å². The Morgan fingerprint density at radius 3 is 2.54 bits per heavy atom. The minimum absolute atomic E-state index is 0.00428. The first kappa shape index (κ1) is 19.2. The molecule has 1 aliphatic heterocycles. The first-order valence-electron chi connectivity index (χ1n) is 9.51. The van der Waals surface area contributed by atoms with Gasteiger partial charge in [-0.1, -0.05) is 0 Å². The third-order valence-electron chi connectivity index (χ3n) is 5.73. The van der Waals surface area contributed by atoms with Crippen LogP contribution in [0.3, 0.4) is 0 Å². The molecule has 0 spiro atoms. The number of pyridine rings is 1. The lowest BCUT2D eigenvalue weighted by atomic mass is 9.91. The highest BCUT2D eigenvalue weighted by atomic mass is 19.4. The maximum atomic E-state index is 13.1. The van der Waals surface area contributed by atoms with Crippen LogP contribution >= 0.6 is 0 Å². The lowest BCUT2D eigenvalue weighted by molar-refractivity contribution is -0.137. The second-order valence-corrected chi connectivity index (χ2v) is 7.75. The summed E-state index contributed by atoms with van der Waals surface area (Å²) in [6.07, 6.45) is -2.19. The standard InChI is InChI=1S/C19H24F3N5O/c1-12-9-13(19(20,21)22)10-17(23-12)27-18(28)15-11-14(3-4-16(15)24-27)26-7-5-25(2)6-8-26/h9-10,14,28H,3-8,11H2,1-2H3.